The predicted molar refractivity (Wildman–Crippen MR) is 90.3 cm³/mol. The van der Waals surface area contributed by atoms with Gasteiger partial charge in [-0.3, -0.25) is 4.79 Å². The Morgan fingerprint density at radius 1 is 1.32 bits per heavy atom. The Morgan fingerprint density at radius 3 is 2.73 bits per heavy atom. The van der Waals surface area contributed by atoms with E-state index in [1.165, 1.54) is 30.7 Å². The van der Waals surface area contributed by atoms with E-state index in [9.17, 15) is 4.79 Å². The minimum atomic E-state index is 0.159. The molecule has 0 bridgehead atoms. The third-order valence-electron chi connectivity index (χ3n) is 5.20. The van der Waals surface area contributed by atoms with Crippen molar-refractivity contribution in [2.24, 2.45) is 11.7 Å². The monoisotopic (exact) mass is 321 g/mol. The number of likely N-dealkylation sites (tertiary alicyclic amines) is 1. The zero-order valence-electron chi connectivity index (χ0n) is 13.7. The number of aromatic nitrogens is 1. The maximum absolute atomic E-state index is 12.9. The van der Waals surface area contributed by atoms with Crippen molar-refractivity contribution in [3.63, 3.8) is 0 Å². The molecule has 2 fully saturated rings. The van der Waals surface area contributed by atoms with E-state index < -0.39 is 0 Å². The van der Waals surface area contributed by atoms with E-state index in [4.69, 9.17) is 10.7 Å². The second-order valence-electron chi connectivity index (χ2n) is 6.96. The summed E-state index contributed by atoms with van der Waals surface area (Å²) in [5, 5.41) is 1.18. The number of hydrogen-bond donors (Lipinski definition) is 1. The Labute approximate surface area is 137 Å². The lowest BCUT2D eigenvalue weighted by atomic mass is 9.92. The first-order valence-electron chi connectivity index (χ1n) is 8.58. The molecule has 1 aliphatic carbocycles. The fourth-order valence-corrected chi connectivity index (χ4v) is 4.93. The number of nitrogens with zero attached hydrogens (tertiary/aromatic N) is 2. The van der Waals surface area contributed by atoms with Gasteiger partial charge in [0.25, 0.3) is 5.91 Å². The molecular formula is C17H27N3OS. The van der Waals surface area contributed by atoms with Crippen molar-refractivity contribution in [2.45, 2.75) is 64.3 Å². The van der Waals surface area contributed by atoms with Crippen molar-refractivity contribution in [1.82, 2.24) is 9.88 Å². The molecular weight excluding hydrogens is 294 g/mol. The second kappa shape index (κ2) is 6.67. The van der Waals surface area contributed by atoms with E-state index in [0.29, 0.717) is 11.8 Å². The van der Waals surface area contributed by atoms with E-state index in [0.717, 1.165) is 36.5 Å². The highest BCUT2D eigenvalue weighted by Crippen LogP contribution is 2.37. The second-order valence-corrected chi connectivity index (χ2v) is 7.99. The Morgan fingerprint density at radius 2 is 2.05 bits per heavy atom. The lowest BCUT2D eigenvalue weighted by molar-refractivity contribution is 0.0665. The van der Waals surface area contributed by atoms with Crippen LogP contribution in [0, 0.1) is 12.8 Å². The van der Waals surface area contributed by atoms with Gasteiger partial charge in [-0.2, -0.15) is 0 Å². The summed E-state index contributed by atoms with van der Waals surface area (Å²) in [5.74, 6) is 1.19. The number of carbonyl (C=O) groups excluding carboxylic acids is 1. The van der Waals surface area contributed by atoms with Gasteiger partial charge in [-0.25, -0.2) is 4.98 Å². The highest BCUT2D eigenvalue weighted by atomic mass is 32.1. The van der Waals surface area contributed by atoms with Crippen LogP contribution < -0.4 is 5.73 Å². The molecule has 2 heterocycles. The molecule has 4 nitrogen and oxygen atoms in total. The van der Waals surface area contributed by atoms with Gasteiger partial charge in [0, 0.05) is 25.0 Å². The van der Waals surface area contributed by atoms with Gasteiger partial charge in [-0.1, -0.05) is 12.8 Å². The lowest BCUT2D eigenvalue weighted by Crippen LogP contribution is -2.45. The van der Waals surface area contributed by atoms with Gasteiger partial charge in [-0.05, 0) is 45.4 Å². The first kappa shape index (κ1) is 15.9. The van der Waals surface area contributed by atoms with Crippen LogP contribution in [0.1, 0.15) is 71.7 Å². The van der Waals surface area contributed by atoms with E-state index in [1.54, 1.807) is 11.3 Å². The summed E-state index contributed by atoms with van der Waals surface area (Å²) in [4.78, 5) is 20.4. The average molecular weight is 321 g/mol. The van der Waals surface area contributed by atoms with Gasteiger partial charge in [0.15, 0.2) is 0 Å². The molecule has 1 aromatic heterocycles. The number of aryl methyl sites for hydroxylation is 1. The maximum Gasteiger partial charge on any atom is 0.265 e. The molecule has 1 saturated carbocycles. The molecule has 1 aliphatic heterocycles. The Bertz CT molecular complexity index is 534. The number of hydrogen-bond acceptors (Lipinski definition) is 4. The van der Waals surface area contributed by atoms with E-state index in [-0.39, 0.29) is 11.9 Å². The van der Waals surface area contributed by atoms with Crippen molar-refractivity contribution < 1.29 is 4.79 Å². The summed E-state index contributed by atoms with van der Waals surface area (Å²) < 4.78 is 0. The van der Waals surface area contributed by atoms with Gasteiger partial charge in [0.2, 0.25) is 0 Å². The van der Waals surface area contributed by atoms with Gasteiger partial charge in [0.1, 0.15) is 4.88 Å². The van der Waals surface area contributed by atoms with Crippen LogP contribution in [0.15, 0.2) is 0 Å². The smallest absolute Gasteiger partial charge is 0.265 e. The van der Waals surface area contributed by atoms with Crippen molar-refractivity contribution in [3.05, 3.63) is 15.6 Å². The third-order valence-corrected chi connectivity index (χ3v) is 6.51. The molecule has 0 unspecified atom stereocenters. The van der Waals surface area contributed by atoms with Gasteiger partial charge >= 0.3 is 0 Å². The SMILES string of the molecule is Cc1nc(C2CCCC2)sc1C(=O)N1CCC[C@@H]([C@@H](C)N)C1. The zero-order chi connectivity index (χ0) is 15.7. The number of nitrogens with two attached hydrogens (primary N) is 1. The van der Waals surface area contributed by atoms with Crippen molar-refractivity contribution >= 4 is 17.2 Å². The number of thiazole rings is 1. The quantitative estimate of drug-likeness (QED) is 0.929. The number of carbonyl (C=O) groups is 1. The summed E-state index contributed by atoms with van der Waals surface area (Å²) in [6.07, 6.45) is 7.26. The lowest BCUT2D eigenvalue weighted by Gasteiger charge is -2.34. The molecule has 3 rings (SSSR count). The molecule has 1 saturated heterocycles. The average Bonchev–Trinajstić information content (AvgIpc) is 3.16. The van der Waals surface area contributed by atoms with Crippen LogP contribution in [0.2, 0.25) is 0 Å². The largest absolute Gasteiger partial charge is 0.338 e. The Kier molecular flexibility index (Phi) is 4.83. The van der Waals surface area contributed by atoms with Crippen molar-refractivity contribution in [3.8, 4) is 0 Å². The first-order chi connectivity index (χ1) is 10.6. The van der Waals surface area contributed by atoms with E-state index in [2.05, 4.69) is 6.92 Å². The van der Waals surface area contributed by atoms with Crippen LogP contribution in [-0.2, 0) is 0 Å². The third kappa shape index (κ3) is 3.20. The van der Waals surface area contributed by atoms with Crippen LogP contribution >= 0.6 is 11.3 Å². The molecule has 22 heavy (non-hydrogen) atoms. The van der Waals surface area contributed by atoms with Crippen LogP contribution in [0.3, 0.4) is 0 Å². The van der Waals surface area contributed by atoms with Crippen molar-refractivity contribution in [2.75, 3.05) is 13.1 Å². The molecule has 122 valence electrons. The highest BCUT2D eigenvalue weighted by Gasteiger charge is 2.30. The van der Waals surface area contributed by atoms with E-state index in [1.807, 2.05) is 11.8 Å². The summed E-state index contributed by atoms with van der Waals surface area (Å²) in [7, 11) is 0. The summed E-state index contributed by atoms with van der Waals surface area (Å²) in [6.45, 7) is 5.69. The molecule has 2 N–H and O–H groups in total. The molecule has 1 amide bonds. The van der Waals surface area contributed by atoms with Crippen LogP contribution in [0.25, 0.3) is 0 Å². The zero-order valence-corrected chi connectivity index (χ0v) is 14.5. The fraction of sp³-hybridized carbons (Fsp3) is 0.765. The molecule has 0 radical (unpaired) electrons. The van der Waals surface area contributed by atoms with Gasteiger partial charge < -0.3 is 10.6 Å². The fourth-order valence-electron chi connectivity index (χ4n) is 3.73. The molecule has 2 aliphatic rings. The minimum absolute atomic E-state index is 0.159. The predicted octanol–water partition coefficient (Wildman–Crippen LogP) is 3.31. The van der Waals surface area contributed by atoms with Crippen LogP contribution in [-0.4, -0.2) is 34.9 Å². The number of rotatable bonds is 3. The highest BCUT2D eigenvalue weighted by molar-refractivity contribution is 7.13. The van der Waals surface area contributed by atoms with Gasteiger partial charge in [0.05, 0.1) is 10.7 Å². The maximum atomic E-state index is 12.9. The topological polar surface area (TPSA) is 59.2 Å². The summed E-state index contributed by atoms with van der Waals surface area (Å²) in [5.41, 5.74) is 6.95. The van der Waals surface area contributed by atoms with E-state index >= 15 is 0 Å². The van der Waals surface area contributed by atoms with Crippen LogP contribution in [0.5, 0.6) is 0 Å². The standard InChI is InChI=1S/C17H27N3OS/c1-11(18)14-8-5-9-20(10-14)17(21)15-12(2)19-16(22-15)13-6-3-4-7-13/h11,13-14H,3-10,18H2,1-2H3/t11-,14-/m1/s1. The molecule has 5 heteroatoms. The van der Waals surface area contributed by atoms with Crippen LogP contribution in [0.4, 0.5) is 0 Å². The van der Waals surface area contributed by atoms with Gasteiger partial charge in [-0.15, -0.1) is 11.3 Å². The molecule has 2 atom stereocenters. The summed E-state index contributed by atoms with van der Waals surface area (Å²) >= 11 is 1.63. The van der Waals surface area contributed by atoms with Crippen molar-refractivity contribution in [1.29, 1.82) is 0 Å². The number of amides is 1. The summed E-state index contributed by atoms with van der Waals surface area (Å²) in [6, 6.07) is 0.159. The molecule has 0 spiro atoms. The normalized spacial score (nSPS) is 24.7. The Balaban J connectivity index is 1.74. The Hall–Kier alpha value is -0.940. The molecule has 1 aromatic rings. The molecule has 0 aromatic carbocycles. The minimum Gasteiger partial charge on any atom is -0.338 e. The number of piperidine rings is 1. The first-order valence-corrected chi connectivity index (χ1v) is 9.40.